The molecule has 1 aliphatic rings. The molecule has 0 aliphatic heterocycles. The summed E-state index contributed by atoms with van der Waals surface area (Å²) in [5, 5.41) is 3.21. The molecule has 0 radical (unpaired) electrons. The Kier molecular flexibility index (Phi) is 6.78. The molecule has 0 spiro atoms. The Morgan fingerprint density at radius 1 is 1.03 bits per heavy atom. The van der Waals surface area contributed by atoms with E-state index < -0.39 is 0 Å². The molecule has 0 unspecified atom stereocenters. The summed E-state index contributed by atoms with van der Waals surface area (Å²) < 4.78 is 13.0. The van der Waals surface area contributed by atoms with Gasteiger partial charge in [0.2, 0.25) is 0 Å². The minimum Gasteiger partial charge on any atom is -0.497 e. The van der Waals surface area contributed by atoms with Crippen LogP contribution in [0.3, 0.4) is 0 Å². The van der Waals surface area contributed by atoms with Gasteiger partial charge in [-0.15, -0.1) is 0 Å². The second kappa shape index (κ2) is 9.90. The highest BCUT2D eigenvalue weighted by atomic mass is 16.5. The van der Waals surface area contributed by atoms with Crippen LogP contribution in [0.1, 0.15) is 53.8 Å². The topological polar surface area (TPSA) is 65.4 Å². The molecule has 2 aromatic carbocycles. The molecule has 6 nitrogen and oxygen atoms in total. The maximum atomic E-state index is 13.2. The first-order chi connectivity index (χ1) is 15.6. The Labute approximate surface area is 189 Å². The van der Waals surface area contributed by atoms with E-state index in [4.69, 9.17) is 14.5 Å². The minimum atomic E-state index is -0.0981. The number of nitrogens with one attached hydrogen (secondary N) is 1. The van der Waals surface area contributed by atoms with Crippen molar-refractivity contribution in [2.75, 3.05) is 14.2 Å². The summed E-state index contributed by atoms with van der Waals surface area (Å²) in [5.74, 6) is 2.17. The standard InChI is InChI=1S/C26H31N3O3/c1-18-24(26(30)27-20-9-5-4-6-10-20)28-25(22-11-7-8-12-23(22)32-3)29(18)17-19-13-15-21(31-2)16-14-19/h7-8,11-16,20H,4-6,9-10,17H2,1-3H3,(H,27,30). The van der Waals surface area contributed by atoms with Gasteiger partial charge in [-0.25, -0.2) is 4.98 Å². The van der Waals surface area contributed by atoms with Crippen molar-refractivity contribution in [3.63, 3.8) is 0 Å². The molecule has 6 heteroatoms. The van der Waals surface area contributed by atoms with Crippen LogP contribution in [0.4, 0.5) is 0 Å². The maximum absolute atomic E-state index is 13.2. The molecule has 0 bridgehead atoms. The zero-order valence-electron chi connectivity index (χ0n) is 19.1. The minimum absolute atomic E-state index is 0.0981. The van der Waals surface area contributed by atoms with Gasteiger partial charge in [-0.3, -0.25) is 4.79 Å². The third-order valence-corrected chi connectivity index (χ3v) is 6.22. The van der Waals surface area contributed by atoms with Gasteiger partial charge < -0.3 is 19.4 Å². The average Bonchev–Trinajstić information content (AvgIpc) is 3.16. The Morgan fingerprint density at radius 3 is 2.44 bits per heavy atom. The third-order valence-electron chi connectivity index (χ3n) is 6.22. The predicted molar refractivity (Wildman–Crippen MR) is 125 cm³/mol. The number of aromatic nitrogens is 2. The summed E-state index contributed by atoms with van der Waals surface area (Å²) >= 11 is 0. The number of hydrogen-bond acceptors (Lipinski definition) is 4. The molecule has 1 aliphatic carbocycles. The Bertz CT molecular complexity index is 1070. The molecule has 1 aromatic heterocycles. The molecule has 4 rings (SSSR count). The smallest absolute Gasteiger partial charge is 0.271 e. The monoisotopic (exact) mass is 433 g/mol. The molecule has 1 N–H and O–H groups in total. The highest BCUT2D eigenvalue weighted by molar-refractivity contribution is 5.94. The quantitative estimate of drug-likeness (QED) is 0.570. The number of imidazole rings is 1. The number of nitrogens with zero attached hydrogens (tertiary/aromatic N) is 2. The molecular formula is C26H31N3O3. The lowest BCUT2D eigenvalue weighted by Gasteiger charge is -2.22. The number of carbonyl (C=O) groups is 1. The van der Waals surface area contributed by atoms with Crippen LogP contribution in [0.25, 0.3) is 11.4 Å². The normalized spacial score (nSPS) is 14.2. The lowest BCUT2D eigenvalue weighted by molar-refractivity contribution is 0.0922. The Balaban J connectivity index is 1.72. The van der Waals surface area contributed by atoms with E-state index in [9.17, 15) is 4.79 Å². The first-order valence-corrected chi connectivity index (χ1v) is 11.2. The van der Waals surface area contributed by atoms with Crippen molar-refractivity contribution in [3.8, 4) is 22.9 Å². The molecule has 0 saturated heterocycles. The summed E-state index contributed by atoms with van der Waals surface area (Å²) in [7, 11) is 3.31. The van der Waals surface area contributed by atoms with Gasteiger partial charge in [0.05, 0.1) is 19.8 Å². The van der Waals surface area contributed by atoms with Crippen LogP contribution in [0.5, 0.6) is 11.5 Å². The van der Waals surface area contributed by atoms with Crippen LogP contribution < -0.4 is 14.8 Å². The predicted octanol–water partition coefficient (Wildman–Crippen LogP) is 4.99. The van der Waals surface area contributed by atoms with Crippen LogP contribution >= 0.6 is 0 Å². The van der Waals surface area contributed by atoms with Crippen molar-refractivity contribution in [3.05, 3.63) is 65.5 Å². The summed E-state index contributed by atoms with van der Waals surface area (Å²) in [6.45, 7) is 2.55. The van der Waals surface area contributed by atoms with Crippen molar-refractivity contribution < 1.29 is 14.3 Å². The van der Waals surface area contributed by atoms with E-state index in [0.29, 0.717) is 12.2 Å². The highest BCUT2D eigenvalue weighted by Crippen LogP contribution is 2.31. The number of carbonyl (C=O) groups excluding carboxylic acids is 1. The molecule has 1 heterocycles. The highest BCUT2D eigenvalue weighted by Gasteiger charge is 2.24. The second-order valence-corrected chi connectivity index (χ2v) is 8.31. The second-order valence-electron chi connectivity index (χ2n) is 8.31. The summed E-state index contributed by atoms with van der Waals surface area (Å²) in [6.07, 6.45) is 5.66. The van der Waals surface area contributed by atoms with Crippen LogP contribution in [0, 0.1) is 6.92 Å². The van der Waals surface area contributed by atoms with Crippen LogP contribution in [0.15, 0.2) is 48.5 Å². The van der Waals surface area contributed by atoms with Crippen LogP contribution in [-0.2, 0) is 6.54 Å². The number of rotatable bonds is 7. The van der Waals surface area contributed by atoms with Crippen LogP contribution in [0.2, 0.25) is 0 Å². The SMILES string of the molecule is COc1ccc(Cn2c(-c3ccccc3OC)nc(C(=O)NC3CCCCC3)c2C)cc1. The van der Waals surface area contributed by atoms with E-state index in [-0.39, 0.29) is 11.9 Å². The molecule has 32 heavy (non-hydrogen) atoms. The van der Waals surface area contributed by atoms with Gasteiger partial charge >= 0.3 is 0 Å². The fraction of sp³-hybridized carbons (Fsp3) is 0.385. The first-order valence-electron chi connectivity index (χ1n) is 11.2. The van der Waals surface area contributed by atoms with Gasteiger partial charge in [0.1, 0.15) is 23.0 Å². The molecule has 1 saturated carbocycles. The number of ether oxygens (including phenoxy) is 2. The zero-order chi connectivity index (χ0) is 22.5. The number of amides is 1. The fourth-order valence-electron chi connectivity index (χ4n) is 4.39. The molecular weight excluding hydrogens is 402 g/mol. The van der Waals surface area contributed by atoms with Crippen molar-refractivity contribution in [1.82, 2.24) is 14.9 Å². The van der Waals surface area contributed by atoms with Crippen molar-refractivity contribution in [2.24, 2.45) is 0 Å². The van der Waals surface area contributed by atoms with Crippen molar-refractivity contribution in [1.29, 1.82) is 0 Å². The van der Waals surface area contributed by atoms with Gasteiger partial charge in [-0.2, -0.15) is 0 Å². The van der Waals surface area contributed by atoms with Gasteiger partial charge in [-0.1, -0.05) is 43.5 Å². The number of hydrogen-bond donors (Lipinski definition) is 1. The third kappa shape index (κ3) is 4.64. The van der Waals surface area contributed by atoms with Gasteiger partial charge in [0.25, 0.3) is 5.91 Å². The van der Waals surface area contributed by atoms with Crippen molar-refractivity contribution in [2.45, 2.75) is 51.6 Å². The zero-order valence-corrected chi connectivity index (χ0v) is 19.1. The van der Waals surface area contributed by atoms with Crippen molar-refractivity contribution >= 4 is 5.91 Å². The van der Waals surface area contributed by atoms with E-state index >= 15 is 0 Å². The van der Waals surface area contributed by atoms with Gasteiger partial charge in [-0.05, 0) is 49.6 Å². The molecule has 168 valence electrons. The number of methoxy groups -OCH3 is 2. The Morgan fingerprint density at radius 2 is 1.75 bits per heavy atom. The maximum Gasteiger partial charge on any atom is 0.271 e. The van der Waals surface area contributed by atoms with E-state index in [1.165, 1.54) is 19.3 Å². The van der Waals surface area contributed by atoms with E-state index in [2.05, 4.69) is 9.88 Å². The Hall–Kier alpha value is -3.28. The summed E-state index contributed by atoms with van der Waals surface area (Å²) in [4.78, 5) is 18.0. The largest absolute Gasteiger partial charge is 0.497 e. The van der Waals surface area contributed by atoms with E-state index in [1.807, 2.05) is 55.5 Å². The lowest BCUT2D eigenvalue weighted by Crippen LogP contribution is -2.36. The summed E-state index contributed by atoms with van der Waals surface area (Å²) in [5.41, 5.74) is 3.28. The number of para-hydroxylation sites is 1. The molecule has 1 fully saturated rings. The molecule has 0 atom stereocenters. The average molecular weight is 434 g/mol. The summed E-state index contributed by atoms with van der Waals surface area (Å²) in [6, 6.07) is 16.0. The van der Waals surface area contributed by atoms with Gasteiger partial charge in [0, 0.05) is 18.3 Å². The number of benzene rings is 2. The first kappa shape index (κ1) is 21.9. The molecule has 3 aromatic rings. The lowest BCUT2D eigenvalue weighted by atomic mass is 9.95. The van der Waals surface area contributed by atoms with Crippen LogP contribution in [-0.4, -0.2) is 35.7 Å². The fourth-order valence-corrected chi connectivity index (χ4v) is 4.39. The van der Waals surface area contributed by atoms with E-state index in [1.54, 1.807) is 14.2 Å². The van der Waals surface area contributed by atoms with E-state index in [0.717, 1.165) is 47.0 Å². The van der Waals surface area contributed by atoms with Gasteiger partial charge in [0.15, 0.2) is 0 Å². The molecule has 1 amide bonds.